The molecule has 1 saturated heterocycles. The van der Waals surface area contributed by atoms with Crippen LogP contribution < -0.4 is 0 Å². The maximum absolute atomic E-state index is 7.23. The fraction of sp³-hybridized carbons (Fsp3) is 0.613. The van der Waals surface area contributed by atoms with E-state index < -0.39 is 16.6 Å². The van der Waals surface area contributed by atoms with Crippen molar-refractivity contribution in [2.75, 3.05) is 6.61 Å². The van der Waals surface area contributed by atoms with Crippen molar-refractivity contribution in [1.82, 2.24) is 0 Å². The number of rotatable bonds is 12. The van der Waals surface area contributed by atoms with Crippen LogP contribution in [0.2, 0.25) is 36.3 Å². The van der Waals surface area contributed by atoms with Crippen LogP contribution in [0.3, 0.4) is 0 Å². The fourth-order valence-corrected chi connectivity index (χ4v) is 9.14. The van der Waals surface area contributed by atoms with Gasteiger partial charge in [0.1, 0.15) is 6.10 Å². The largest absolute Gasteiger partial charge is 0.411 e. The van der Waals surface area contributed by atoms with Crippen molar-refractivity contribution in [2.45, 2.75) is 115 Å². The highest BCUT2D eigenvalue weighted by molar-refractivity contribution is 6.74. The topological polar surface area (TPSA) is 36.9 Å². The van der Waals surface area contributed by atoms with Gasteiger partial charge in [0.15, 0.2) is 16.6 Å². The summed E-state index contributed by atoms with van der Waals surface area (Å²) >= 11 is 0. The van der Waals surface area contributed by atoms with Gasteiger partial charge in [-0.2, -0.15) is 0 Å². The molecule has 0 unspecified atom stereocenters. The van der Waals surface area contributed by atoms with Crippen LogP contribution in [0.25, 0.3) is 0 Å². The van der Waals surface area contributed by atoms with E-state index in [1.165, 1.54) is 11.1 Å². The zero-order valence-electron chi connectivity index (χ0n) is 24.5. The van der Waals surface area contributed by atoms with E-state index in [9.17, 15) is 0 Å². The monoisotopic (exact) mass is 542 g/mol. The normalized spacial score (nSPS) is 23.2. The molecular weight excluding hydrogens is 493 g/mol. The number of hydrogen-bond donors (Lipinski definition) is 0. The molecule has 2 aromatic rings. The summed E-state index contributed by atoms with van der Waals surface area (Å²) in [6.45, 7) is 19.6. The molecule has 0 N–H and O–H groups in total. The van der Waals surface area contributed by atoms with Gasteiger partial charge >= 0.3 is 0 Å². The second-order valence-electron chi connectivity index (χ2n) is 12.1. The Balaban J connectivity index is 1.94. The van der Waals surface area contributed by atoms with E-state index in [2.05, 4.69) is 109 Å². The van der Waals surface area contributed by atoms with Gasteiger partial charge in [-0.05, 0) is 47.4 Å². The summed E-state index contributed by atoms with van der Waals surface area (Å²) in [6, 6.07) is 24.2. The van der Waals surface area contributed by atoms with E-state index in [1.807, 2.05) is 6.07 Å². The minimum atomic E-state index is -2.05. The average Bonchev–Trinajstić information content (AvgIpc) is 2.89. The SMILES string of the molecule is CC[Si](CC)(CC)O[C@H]1[C@@H](O[Si](C)(C)C(C)(C)C)C[C@H](c2ccccc2)O[C@@H]1COCc1ccccc1. The number of ether oxygens (including phenoxy) is 2. The molecule has 1 heterocycles. The first-order valence-corrected chi connectivity index (χ1v) is 19.7. The molecule has 0 bridgehead atoms. The van der Waals surface area contributed by atoms with Crippen LogP contribution in [0.15, 0.2) is 60.7 Å². The van der Waals surface area contributed by atoms with Gasteiger partial charge in [-0.15, -0.1) is 0 Å². The first-order valence-electron chi connectivity index (χ1n) is 14.2. The molecule has 1 aliphatic rings. The molecule has 4 nitrogen and oxygen atoms in total. The predicted octanol–water partition coefficient (Wildman–Crippen LogP) is 8.51. The van der Waals surface area contributed by atoms with Gasteiger partial charge < -0.3 is 18.3 Å². The molecule has 3 rings (SSSR count). The van der Waals surface area contributed by atoms with Crippen LogP contribution >= 0.6 is 0 Å². The van der Waals surface area contributed by atoms with Gasteiger partial charge in [-0.25, -0.2) is 0 Å². The smallest absolute Gasteiger partial charge is 0.192 e. The highest BCUT2D eigenvalue weighted by Crippen LogP contribution is 2.43. The van der Waals surface area contributed by atoms with Crippen LogP contribution in [0.1, 0.15) is 65.2 Å². The third-order valence-electron chi connectivity index (χ3n) is 8.65. The van der Waals surface area contributed by atoms with Crippen LogP contribution in [0, 0.1) is 0 Å². The third kappa shape index (κ3) is 7.87. The summed E-state index contributed by atoms with van der Waals surface area (Å²) in [4.78, 5) is 0. The fourth-order valence-electron chi connectivity index (χ4n) is 4.92. The van der Waals surface area contributed by atoms with Crippen molar-refractivity contribution >= 4 is 16.6 Å². The van der Waals surface area contributed by atoms with Crippen molar-refractivity contribution in [3.8, 4) is 0 Å². The van der Waals surface area contributed by atoms with E-state index >= 15 is 0 Å². The first-order chi connectivity index (χ1) is 17.5. The Hall–Kier alpha value is -1.29. The second-order valence-corrected chi connectivity index (χ2v) is 21.5. The lowest BCUT2D eigenvalue weighted by atomic mass is 9.94. The molecule has 0 aromatic heterocycles. The van der Waals surface area contributed by atoms with E-state index in [1.54, 1.807) is 0 Å². The van der Waals surface area contributed by atoms with E-state index in [4.69, 9.17) is 18.3 Å². The molecule has 1 fully saturated rings. The van der Waals surface area contributed by atoms with Gasteiger partial charge in [0.25, 0.3) is 0 Å². The standard InChI is InChI=1S/C31H50O4Si2/c1-9-37(10-2,11-3)35-30-28(34-36(7,8)31(4,5)6)22-27(26-20-16-13-17-21-26)33-29(30)24-32-23-25-18-14-12-15-19-25/h12-21,27-30H,9-11,22-24H2,1-8H3/t27-,28+,29-,30+/m1/s1. The van der Waals surface area contributed by atoms with Crippen LogP contribution in [-0.2, 0) is 24.9 Å². The Labute approximate surface area is 228 Å². The summed E-state index contributed by atoms with van der Waals surface area (Å²) in [7, 11) is -3.96. The van der Waals surface area contributed by atoms with E-state index in [0.29, 0.717) is 13.2 Å². The summed E-state index contributed by atoms with van der Waals surface area (Å²) in [5, 5.41) is 0.117. The average molecular weight is 543 g/mol. The molecule has 37 heavy (non-hydrogen) atoms. The lowest BCUT2D eigenvalue weighted by Crippen LogP contribution is -2.58. The second kappa shape index (κ2) is 13.2. The molecule has 0 amide bonds. The van der Waals surface area contributed by atoms with E-state index in [-0.39, 0.29) is 29.5 Å². The zero-order valence-corrected chi connectivity index (χ0v) is 26.5. The molecule has 6 heteroatoms. The van der Waals surface area contributed by atoms with Gasteiger partial charge in [0.2, 0.25) is 0 Å². The Kier molecular flexibility index (Phi) is 10.8. The van der Waals surface area contributed by atoms with Crippen molar-refractivity contribution in [3.05, 3.63) is 71.8 Å². The molecule has 0 saturated carbocycles. The highest BCUT2D eigenvalue weighted by Gasteiger charge is 2.48. The van der Waals surface area contributed by atoms with Crippen molar-refractivity contribution in [1.29, 1.82) is 0 Å². The lowest BCUT2D eigenvalue weighted by Gasteiger charge is -2.49. The lowest BCUT2D eigenvalue weighted by molar-refractivity contribution is -0.180. The minimum absolute atomic E-state index is 0.0262. The van der Waals surface area contributed by atoms with Crippen molar-refractivity contribution in [2.24, 2.45) is 0 Å². The predicted molar refractivity (Wildman–Crippen MR) is 159 cm³/mol. The zero-order chi connectivity index (χ0) is 27.1. The van der Waals surface area contributed by atoms with Crippen LogP contribution in [0.4, 0.5) is 0 Å². The maximum atomic E-state index is 7.23. The van der Waals surface area contributed by atoms with Crippen molar-refractivity contribution in [3.63, 3.8) is 0 Å². The van der Waals surface area contributed by atoms with Gasteiger partial charge in [0, 0.05) is 6.42 Å². The molecule has 4 atom stereocenters. The van der Waals surface area contributed by atoms with Crippen LogP contribution in [0.5, 0.6) is 0 Å². The summed E-state index contributed by atoms with van der Waals surface area (Å²) in [5.41, 5.74) is 2.37. The highest BCUT2D eigenvalue weighted by atomic mass is 28.4. The maximum Gasteiger partial charge on any atom is 0.192 e. The molecule has 1 aliphatic heterocycles. The van der Waals surface area contributed by atoms with Gasteiger partial charge in [0.05, 0.1) is 31.5 Å². The number of benzene rings is 2. The molecular formula is C31H50O4Si2. The Bertz CT molecular complexity index is 917. The number of hydrogen-bond acceptors (Lipinski definition) is 4. The third-order valence-corrected chi connectivity index (χ3v) is 17.8. The van der Waals surface area contributed by atoms with E-state index in [0.717, 1.165) is 24.6 Å². The minimum Gasteiger partial charge on any atom is -0.411 e. The Morgan fingerprint density at radius 1 is 0.838 bits per heavy atom. The van der Waals surface area contributed by atoms with Crippen molar-refractivity contribution < 1.29 is 18.3 Å². The molecule has 0 aliphatic carbocycles. The van der Waals surface area contributed by atoms with Crippen LogP contribution in [-0.4, -0.2) is 41.6 Å². The Morgan fingerprint density at radius 3 is 1.95 bits per heavy atom. The summed E-state index contributed by atoms with van der Waals surface area (Å²) in [5.74, 6) is 0. The quantitative estimate of drug-likeness (QED) is 0.252. The molecule has 0 radical (unpaired) electrons. The molecule has 2 aromatic carbocycles. The molecule has 0 spiro atoms. The summed E-state index contributed by atoms with van der Waals surface area (Å²) in [6.07, 6.45) is 0.423. The Morgan fingerprint density at radius 2 is 1.41 bits per heavy atom. The summed E-state index contributed by atoms with van der Waals surface area (Å²) < 4.78 is 27.6. The van der Waals surface area contributed by atoms with Gasteiger partial charge in [-0.1, -0.05) is 102 Å². The molecule has 206 valence electrons. The first kappa shape index (κ1) is 30.3. The van der Waals surface area contributed by atoms with Gasteiger partial charge in [-0.3, -0.25) is 0 Å².